The van der Waals surface area contributed by atoms with Crippen LogP contribution in [0.4, 0.5) is 8.78 Å². The number of nitrogens with zero attached hydrogens (tertiary/aromatic N) is 1. The van der Waals surface area contributed by atoms with E-state index in [0.717, 1.165) is 4.31 Å². The molecule has 2 rings (SSSR count). The van der Waals surface area contributed by atoms with Crippen molar-refractivity contribution in [3.05, 3.63) is 47.5 Å². The van der Waals surface area contributed by atoms with Crippen LogP contribution in [-0.2, 0) is 16.6 Å². The van der Waals surface area contributed by atoms with Crippen LogP contribution in [0.15, 0.2) is 41.3 Å². The SMILES string of the molecule is COc1ccc(S(=O)(=O)N(C)Cc2ccc(OC)c(OC(F)F)c2)cc1C. The Morgan fingerprint density at radius 1 is 1.00 bits per heavy atom. The third kappa shape index (κ3) is 4.86. The smallest absolute Gasteiger partial charge is 0.387 e. The van der Waals surface area contributed by atoms with E-state index in [1.165, 1.54) is 45.5 Å². The van der Waals surface area contributed by atoms with Crippen LogP contribution in [0.5, 0.6) is 17.2 Å². The van der Waals surface area contributed by atoms with Gasteiger partial charge in [0.1, 0.15) is 5.75 Å². The zero-order chi connectivity index (χ0) is 20.2. The Morgan fingerprint density at radius 3 is 2.19 bits per heavy atom. The molecule has 9 heteroatoms. The van der Waals surface area contributed by atoms with Gasteiger partial charge in [-0.25, -0.2) is 8.42 Å². The number of hydrogen-bond acceptors (Lipinski definition) is 5. The van der Waals surface area contributed by atoms with Gasteiger partial charge in [-0.05, 0) is 48.4 Å². The van der Waals surface area contributed by atoms with Crippen LogP contribution >= 0.6 is 0 Å². The monoisotopic (exact) mass is 401 g/mol. The number of hydrogen-bond donors (Lipinski definition) is 0. The zero-order valence-electron chi connectivity index (χ0n) is 15.4. The number of halogens is 2. The van der Waals surface area contributed by atoms with Crippen LogP contribution in [0.1, 0.15) is 11.1 Å². The summed E-state index contributed by atoms with van der Waals surface area (Å²) < 4.78 is 66.3. The van der Waals surface area contributed by atoms with Crippen molar-refractivity contribution in [1.82, 2.24) is 4.31 Å². The second kappa shape index (κ2) is 8.53. The first-order valence-corrected chi connectivity index (χ1v) is 9.35. The van der Waals surface area contributed by atoms with Gasteiger partial charge in [-0.3, -0.25) is 0 Å². The normalized spacial score (nSPS) is 11.7. The number of methoxy groups -OCH3 is 2. The standard InChI is InChI=1S/C18H21F2NO5S/c1-12-9-14(6-8-15(12)24-3)27(22,23)21(2)11-13-5-7-16(25-4)17(10-13)26-18(19)20/h5-10,18H,11H2,1-4H3. The van der Waals surface area contributed by atoms with Crippen molar-refractivity contribution in [2.24, 2.45) is 0 Å². The molecule has 0 radical (unpaired) electrons. The molecule has 27 heavy (non-hydrogen) atoms. The summed E-state index contributed by atoms with van der Waals surface area (Å²) in [6.07, 6.45) is 0. The van der Waals surface area contributed by atoms with Crippen molar-refractivity contribution < 1.29 is 31.4 Å². The molecule has 0 fully saturated rings. The van der Waals surface area contributed by atoms with Gasteiger partial charge in [-0.15, -0.1) is 0 Å². The van der Waals surface area contributed by atoms with Crippen molar-refractivity contribution in [1.29, 1.82) is 0 Å². The summed E-state index contributed by atoms with van der Waals surface area (Å²) in [4.78, 5) is 0.112. The van der Waals surface area contributed by atoms with E-state index in [1.54, 1.807) is 19.1 Å². The van der Waals surface area contributed by atoms with Crippen molar-refractivity contribution in [3.8, 4) is 17.2 Å². The number of sulfonamides is 1. The lowest BCUT2D eigenvalue weighted by molar-refractivity contribution is -0.0512. The highest BCUT2D eigenvalue weighted by Gasteiger charge is 2.22. The van der Waals surface area contributed by atoms with E-state index in [2.05, 4.69) is 4.74 Å². The summed E-state index contributed by atoms with van der Waals surface area (Å²) in [5.41, 5.74) is 1.16. The number of ether oxygens (including phenoxy) is 3. The molecule has 0 N–H and O–H groups in total. The molecule has 0 aromatic heterocycles. The number of aryl methyl sites for hydroxylation is 1. The van der Waals surface area contributed by atoms with E-state index in [9.17, 15) is 17.2 Å². The number of alkyl halides is 2. The topological polar surface area (TPSA) is 65.1 Å². The summed E-state index contributed by atoms with van der Waals surface area (Å²) in [5, 5.41) is 0. The molecule has 2 aromatic rings. The zero-order valence-corrected chi connectivity index (χ0v) is 16.2. The minimum absolute atomic E-state index is 0.0308. The van der Waals surface area contributed by atoms with E-state index in [0.29, 0.717) is 16.9 Å². The fraction of sp³-hybridized carbons (Fsp3) is 0.333. The van der Waals surface area contributed by atoms with Crippen LogP contribution in [0.2, 0.25) is 0 Å². The molecule has 0 aliphatic rings. The van der Waals surface area contributed by atoms with Gasteiger partial charge in [0.15, 0.2) is 11.5 Å². The van der Waals surface area contributed by atoms with Crippen molar-refractivity contribution in [3.63, 3.8) is 0 Å². The molecule has 2 aromatic carbocycles. The molecule has 0 aliphatic heterocycles. The summed E-state index contributed by atoms with van der Waals surface area (Å²) in [6.45, 7) is -1.30. The second-order valence-corrected chi connectivity index (χ2v) is 7.80. The first kappa shape index (κ1) is 20.9. The molecule has 148 valence electrons. The van der Waals surface area contributed by atoms with Gasteiger partial charge in [-0.1, -0.05) is 6.07 Å². The highest BCUT2D eigenvalue weighted by molar-refractivity contribution is 7.89. The van der Waals surface area contributed by atoms with E-state index in [4.69, 9.17) is 9.47 Å². The Labute approximate surface area is 157 Å². The molecule has 0 heterocycles. The largest absolute Gasteiger partial charge is 0.496 e. The van der Waals surface area contributed by atoms with Crippen LogP contribution in [-0.4, -0.2) is 40.6 Å². The van der Waals surface area contributed by atoms with E-state index in [1.807, 2.05) is 0 Å². The van der Waals surface area contributed by atoms with Gasteiger partial charge in [0.25, 0.3) is 0 Å². The Kier molecular flexibility index (Phi) is 6.61. The maximum absolute atomic E-state index is 12.8. The first-order valence-electron chi connectivity index (χ1n) is 7.91. The van der Waals surface area contributed by atoms with E-state index >= 15 is 0 Å². The molecule has 0 aliphatic carbocycles. The van der Waals surface area contributed by atoms with Crippen LogP contribution in [0, 0.1) is 6.92 Å². The predicted molar refractivity (Wildman–Crippen MR) is 96.0 cm³/mol. The lowest BCUT2D eigenvalue weighted by Gasteiger charge is -2.19. The van der Waals surface area contributed by atoms with Gasteiger partial charge >= 0.3 is 6.61 Å². The molecule has 0 unspecified atom stereocenters. The maximum Gasteiger partial charge on any atom is 0.387 e. The van der Waals surface area contributed by atoms with Gasteiger partial charge < -0.3 is 14.2 Å². The average Bonchev–Trinajstić information content (AvgIpc) is 2.61. The van der Waals surface area contributed by atoms with Crippen LogP contribution < -0.4 is 14.2 Å². The lowest BCUT2D eigenvalue weighted by Crippen LogP contribution is -2.26. The minimum atomic E-state index is -3.78. The van der Waals surface area contributed by atoms with Crippen molar-refractivity contribution in [2.75, 3.05) is 21.3 Å². The fourth-order valence-corrected chi connectivity index (χ4v) is 3.79. The van der Waals surface area contributed by atoms with Crippen molar-refractivity contribution in [2.45, 2.75) is 25.0 Å². The first-order chi connectivity index (χ1) is 12.7. The third-order valence-corrected chi connectivity index (χ3v) is 5.72. The molecular formula is C18H21F2NO5S. The summed E-state index contributed by atoms with van der Waals surface area (Å²) in [6, 6.07) is 8.92. The van der Waals surface area contributed by atoms with Crippen LogP contribution in [0.3, 0.4) is 0 Å². The summed E-state index contributed by atoms with van der Waals surface area (Å²) in [7, 11) is 0.465. The van der Waals surface area contributed by atoms with Gasteiger partial charge in [0.05, 0.1) is 19.1 Å². The highest BCUT2D eigenvalue weighted by atomic mass is 32.2. The quantitative estimate of drug-likeness (QED) is 0.678. The van der Waals surface area contributed by atoms with E-state index in [-0.39, 0.29) is 22.9 Å². The molecule has 0 spiro atoms. The Balaban J connectivity index is 2.27. The van der Waals surface area contributed by atoms with E-state index < -0.39 is 16.6 Å². The molecule has 6 nitrogen and oxygen atoms in total. The van der Waals surface area contributed by atoms with Crippen molar-refractivity contribution >= 4 is 10.0 Å². The predicted octanol–water partition coefficient (Wildman–Crippen LogP) is 3.43. The Hall–Kier alpha value is -2.39. The lowest BCUT2D eigenvalue weighted by atomic mass is 10.2. The number of benzene rings is 2. The van der Waals surface area contributed by atoms with Gasteiger partial charge in [0, 0.05) is 13.6 Å². The van der Waals surface area contributed by atoms with Gasteiger partial charge in [-0.2, -0.15) is 13.1 Å². The molecule has 0 saturated heterocycles. The molecule has 0 atom stereocenters. The Morgan fingerprint density at radius 2 is 1.63 bits per heavy atom. The fourth-order valence-electron chi connectivity index (χ4n) is 2.54. The van der Waals surface area contributed by atoms with Crippen LogP contribution in [0.25, 0.3) is 0 Å². The average molecular weight is 401 g/mol. The highest BCUT2D eigenvalue weighted by Crippen LogP contribution is 2.30. The number of rotatable bonds is 8. The Bertz CT molecular complexity index is 903. The molecule has 0 saturated carbocycles. The maximum atomic E-state index is 12.8. The summed E-state index contributed by atoms with van der Waals surface area (Å²) >= 11 is 0. The molecule has 0 bridgehead atoms. The molecular weight excluding hydrogens is 380 g/mol. The summed E-state index contributed by atoms with van der Waals surface area (Å²) in [5.74, 6) is 0.562. The van der Waals surface area contributed by atoms with Gasteiger partial charge in [0.2, 0.25) is 10.0 Å². The third-order valence-electron chi connectivity index (χ3n) is 3.92. The minimum Gasteiger partial charge on any atom is -0.496 e. The second-order valence-electron chi connectivity index (χ2n) is 5.76. The molecule has 0 amide bonds.